The second-order valence-corrected chi connectivity index (χ2v) is 7.09. The molecule has 2 rings (SSSR count). The lowest BCUT2D eigenvalue weighted by atomic mass is 10.2. The van der Waals surface area contributed by atoms with E-state index in [1.54, 1.807) is 48.5 Å². The van der Waals surface area contributed by atoms with Crippen molar-refractivity contribution in [1.29, 1.82) is 0 Å². The van der Waals surface area contributed by atoms with Gasteiger partial charge in [-0.2, -0.15) is 0 Å². The first kappa shape index (κ1) is 15.4. The van der Waals surface area contributed by atoms with Crippen LogP contribution in [-0.2, 0) is 10.0 Å². The molecule has 0 aromatic heterocycles. The normalized spacial score (nSPS) is 11.6. The number of phenolic OH excluding ortho intramolecular Hbond substituents is 1. The van der Waals surface area contributed by atoms with Crippen LogP contribution in [0.15, 0.2) is 59.5 Å². The van der Waals surface area contributed by atoms with E-state index in [0.29, 0.717) is 12.2 Å². The molecular weight excluding hydrogens is 286 g/mol. The predicted octanol–water partition coefficient (Wildman–Crippen LogP) is 3.24. The van der Waals surface area contributed by atoms with Crippen LogP contribution in [0.1, 0.15) is 13.8 Å². The lowest BCUT2D eigenvalue weighted by molar-refractivity contribution is 0.474. The molecule has 0 spiro atoms. The first-order valence-electron chi connectivity index (χ1n) is 6.78. The largest absolute Gasteiger partial charge is 0.506 e. The van der Waals surface area contributed by atoms with Gasteiger partial charge < -0.3 is 5.11 Å². The minimum Gasteiger partial charge on any atom is -0.506 e. The van der Waals surface area contributed by atoms with Crippen LogP contribution in [0.4, 0.5) is 5.69 Å². The maximum atomic E-state index is 12.8. The summed E-state index contributed by atoms with van der Waals surface area (Å²) in [5.41, 5.74) is 0.301. The molecule has 0 radical (unpaired) electrons. The van der Waals surface area contributed by atoms with Gasteiger partial charge in [0.1, 0.15) is 5.75 Å². The van der Waals surface area contributed by atoms with E-state index in [9.17, 15) is 13.5 Å². The van der Waals surface area contributed by atoms with E-state index in [2.05, 4.69) is 0 Å². The van der Waals surface area contributed by atoms with Gasteiger partial charge in [0, 0.05) is 6.54 Å². The van der Waals surface area contributed by atoms with Crippen molar-refractivity contribution in [2.24, 2.45) is 5.92 Å². The Labute approximate surface area is 125 Å². The highest BCUT2D eigenvalue weighted by molar-refractivity contribution is 7.92. The van der Waals surface area contributed by atoms with Gasteiger partial charge in [-0.1, -0.05) is 44.2 Å². The minimum absolute atomic E-state index is 0.0438. The summed E-state index contributed by atoms with van der Waals surface area (Å²) < 4.78 is 26.9. The Hall–Kier alpha value is -2.01. The Morgan fingerprint density at radius 2 is 1.57 bits per heavy atom. The molecule has 0 saturated carbocycles. The number of rotatable bonds is 5. The third kappa shape index (κ3) is 3.36. The topological polar surface area (TPSA) is 57.6 Å². The van der Waals surface area contributed by atoms with Crippen LogP contribution in [0.5, 0.6) is 5.75 Å². The van der Waals surface area contributed by atoms with Crippen LogP contribution in [-0.4, -0.2) is 20.1 Å². The Kier molecular flexibility index (Phi) is 4.53. The summed E-state index contributed by atoms with van der Waals surface area (Å²) in [5, 5.41) is 10.00. The van der Waals surface area contributed by atoms with Gasteiger partial charge >= 0.3 is 0 Å². The summed E-state index contributed by atoms with van der Waals surface area (Å²) in [6.45, 7) is 4.18. The van der Waals surface area contributed by atoms with E-state index < -0.39 is 10.0 Å². The molecule has 21 heavy (non-hydrogen) atoms. The highest BCUT2D eigenvalue weighted by atomic mass is 32.2. The summed E-state index contributed by atoms with van der Waals surface area (Å²) in [5.74, 6) is 0.0840. The summed E-state index contributed by atoms with van der Waals surface area (Å²) in [7, 11) is -3.70. The average molecular weight is 305 g/mol. The lowest BCUT2D eigenvalue weighted by Crippen LogP contribution is -2.34. The molecule has 0 fully saturated rings. The number of sulfonamides is 1. The van der Waals surface area contributed by atoms with Gasteiger partial charge in [0.25, 0.3) is 10.0 Å². The number of anilines is 1. The summed E-state index contributed by atoms with van der Waals surface area (Å²) >= 11 is 0. The van der Waals surface area contributed by atoms with Crippen LogP contribution in [0.2, 0.25) is 0 Å². The van der Waals surface area contributed by atoms with Gasteiger partial charge in [-0.25, -0.2) is 8.42 Å². The van der Waals surface area contributed by atoms with Crippen LogP contribution < -0.4 is 4.31 Å². The van der Waals surface area contributed by atoms with Crippen molar-refractivity contribution in [2.75, 3.05) is 10.8 Å². The number of benzene rings is 2. The monoisotopic (exact) mass is 305 g/mol. The molecule has 0 atom stereocenters. The fourth-order valence-electron chi connectivity index (χ4n) is 2.05. The molecule has 5 heteroatoms. The maximum absolute atomic E-state index is 12.8. The fraction of sp³-hybridized carbons (Fsp3) is 0.250. The van der Waals surface area contributed by atoms with Crippen molar-refractivity contribution in [1.82, 2.24) is 0 Å². The number of hydrogen-bond donors (Lipinski definition) is 1. The first-order chi connectivity index (χ1) is 9.93. The predicted molar refractivity (Wildman–Crippen MR) is 83.9 cm³/mol. The van der Waals surface area contributed by atoms with Crippen molar-refractivity contribution >= 4 is 15.7 Å². The first-order valence-corrected chi connectivity index (χ1v) is 8.22. The van der Waals surface area contributed by atoms with Gasteiger partial charge in [0.15, 0.2) is 0 Å². The molecular formula is C16H19NO3S. The molecule has 0 unspecified atom stereocenters. The molecule has 0 bridgehead atoms. The standard InChI is InChI=1S/C16H19NO3S/c1-13(2)12-17(15-10-6-7-11-16(15)18)21(19,20)14-8-4-3-5-9-14/h3-11,13,18H,12H2,1-2H3. The molecule has 0 saturated heterocycles. The number of aromatic hydroxyl groups is 1. The van der Waals surface area contributed by atoms with Crippen LogP contribution in [0.3, 0.4) is 0 Å². The van der Waals surface area contributed by atoms with Crippen LogP contribution in [0.25, 0.3) is 0 Å². The fourth-order valence-corrected chi connectivity index (χ4v) is 3.72. The van der Waals surface area contributed by atoms with E-state index in [4.69, 9.17) is 0 Å². The van der Waals surface area contributed by atoms with E-state index in [1.807, 2.05) is 13.8 Å². The van der Waals surface area contributed by atoms with E-state index in [0.717, 1.165) is 0 Å². The molecule has 112 valence electrons. The van der Waals surface area contributed by atoms with Crippen molar-refractivity contribution < 1.29 is 13.5 Å². The third-order valence-corrected chi connectivity index (χ3v) is 4.81. The number of phenols is 1. The summed E-state index contributed by atoms with van der Waals surface area (Å²) in [6.07, 6.45) is 0. The molecule has 0 heterocycles. The smallest absolute Gasteiger partial charge is 0.264 e. The molecule has 1 N–H and O–H groups in total. The summed E-state index contributed by atoms with van der Waals surface area (Å²) in [6, 6.07) is 14.7. The number of hydrogen-bond acceptors (Lipinski definition) is 3. The second kappa shape index (κ2) is 6.18. The Morgan fingerprint density at radius 3 is 2.14 bits per heavy atom. The lowest BCUT2D eigenvalue weighted by Gasteiger charge is -2.26. The van der Waals surface area contributed by atoms with Crippen molar-refractivity contribution in [3.63, 3.8) is 0 Å². The van der Waals surface area contributed by atoms with Gasteiger partial charge in [-0.3, -0.25) is 4.31 Å². The second-order valence-electron chi connectivity index (χ2n) is 5.23. The van der Waals surface area contributed by atoms with E-state index in [-0.39, 0.29) is 16.6 Å². The van der Waals surface area contributed by atoms with Crippen molar-refractivity contribution in [3.05, 3.63) is 54.6 Å². The van der Waals surface area contributed by atoms with Gasteiger partial charge in [-0.15, -0.1) is 0 Å². The van der Waals surface area contributed by atoms with Crippen LogP contribution in [0, 0.1) is 5.92 Å². The number of nitrogens with zero attached hydrogens (tertiary/aromatic N) is 1. The van der Waals surface area contributed by atoms with Gasteiger partial charge in [0.2, 0.25) is 0 Å². The third-order valence-electron chi connectivity index (χ3n) is 3.01. The van der Waals surface area contributed by atoms with E-state index >= 15 is 0 Å². The van der Waals surface area contributed by atoms with E-state index in [1.165, 1.54) is 10.4 Å². The Bertz CT molecular complexity index is 696. The highest BCUT2D eigenvalue weighted by Gasteiger charge is 2.27. The van der Waals surface area contributed by atoms with Gasteiger partial charge in [-0.05, 0) is 30.2 Å². The quantitative estimate of drug-likeness (QED) is 0.922. The SMILES string of the molecule is CC(C)CN(c1ccccc1O)S(=O)(=O)c1ccccc1. The summed E-state index contributed by atoms with van der Waals surface area (Å²) in [4.78, 5) is 0.217. The molecule has 0 aliphatic rings. The molecule has 4 nitrogen and oxygen atoms in total. The zero-order chi connectivity index (χ0) is 15.5. The van der Waals surface area contributed by atoms with Crippen LogP contribution >= 0.6 is 0 Å². The number of para-hydroxylation sites is 2. The van der Waals surface area contributed by atoms with Gasteiger partial charge in [0.05, 0.1) is 10.6 Å². The molecule has 0 aliphatic carbocycles. The minimum atomic E-state index is -3.70. The van der Waals surface area contributed by atoms with Crippen molar-refractivity contribution in [3.8, 4) is 5.75 Å². The maximum Gasteiger partial charge on any atom is 0.264 e. The Balaban J connectivity index is 2.54. The molecule has 0 aliphatic heterocycles. The molecule has 2 aromatic carbocycles. The molecule has 2 aromatic rings. The van der Waals surface area contributed by atoms with Crippen molar-refractivity contribution in [2.45, 2.75) is 18.7 Å². The Morgan fingerprint density at radius 1 is 1.00 bits per heavy atom. The molecule has 0 amide bonds. The zero-order valence-electron chi connectivity index (χ0n) is 12.1. The highest BCUT2D eigenvalue weighted by Crippen LogP contribution is 2.31. The average Bonchev–Trinajstić information content (AvgIpc) is 2.46. The zero-order valence-corrected chi connectivity index (χ0v) is 12.9.